The van der Waals surface area contributed by atoms with E-state index in [1.165, 1.54) is 0 Å². The van der Waals surface area contributed by atoms with Crippen LogP contribution in [0.5, 0.6) is 0 Å². The molecule has 6 heteroatoms. The number of aliphatic carboxylic acids is 1. The van der Waals surface area contributed by atoms with E-state index >= 15 is 0 Å². The molecule has 0 aromatic heterocycles. The van der Waals surface area contributed by atoms with E-state index in [0.29, 0.717) is 6.92 Å². The largest absolute Gasteiger partial charge is 0.543 e. The standard InChI is InChI=1S/C4H6F3NO2/c1-3(8,2(9)10)4(5,6)7/h8H2,1H3,(H,9,10)/t3-/m1/s1. The normalized spacial score (nSPS) is 18.1. The number of hydrogen-bond acceptors (Lipinski definition) is 2. The van der Waals surface area contributed by atoms with Crippen molar-refractivity contribution in [3.8, 4) is 0 Å². The molecule has 0 fully saturated rings. The maximum Gasteiger partial charge on any atom is 0.449 e. The van der Waals surface area contributed by atoms with Crippen LogP contribution in [0.3, 0.4) is 0 Å². The van der Waals surface area contributed by atoms with Crippen molar-refractivity contribution in [1.82, 2.24) is 0 Å². The highest BCUT2D eigenvalue weighted by molar-refractivity contribution is 5.74. The summed E-state index contributed by atoms with van der Waals surface area (Å²) in [5, 5.41) is 9.77. The number of carboxylic acid groups (broad SMARTS) is 1. The Morgan fingerprint density at radius 1 is 1.50 bits per heavy atom. The second kappa shape index (κ2) is 2.12. The summed E-state index contributed by atoms with van der Waals surface area (Å²) in [6.45, 7) is 0.447. The van der Waals surface area contributed by atoms with Crippen molar-refractivity contribution in [2.45, 2.75) is 18.6 Å². The van der Waals surface area contributed by atoms with Crippen molar-refractivity contribution in [3.05, 3.63) is 0 Å². The number of carbonyl (C=O) groups is 1. The fourth-order valence-electron chi connectivity index (χ4n) is 0.116. The monoisotopic (exact) mass is 157 g/mol. The molecule has 0 aliphatic rings. The minimum Gasteiger partial charge on any atom is -0.543 e. The first kappa shape index (κ1) is 9.22. The van der Waals surface area contributed by atoms with Gasteiger partial charge >= 0.3 is 6.18 Å². The van der Waals surface area contributed by atoms with Gasteiger partial charge in [0.15, 0.2) is 0 Å². The fourth-order valence-corrected chi connectivity index (χ4v) is 0.116. The third-order valence-electron chi connectivity index (χ3n) is 1.08. The molecule has 0 heterocycles. The highest BCUT2D eigenvalue weighted by Crippen LogP contribution is 2.25. The Morgan fingerprint density at radius 3 is 1.80 bits per heavy atom. The molecular formula is C4H6F3NO2. The molecule has 0 saturated heterocycles. The SMILES string of the molecule is C[C@@]([NH3+])(C(=O)[O-])C(F)(F)F. The van der Waals surface area contributed by atoms with Gasteiger partial charge in [0.2, 0.25) is 5.54 Å². The zero-order valence-corrected chi connectivity index (χ0v) is 5.16. The topological polar surface area (TPSA) is 67.8 Å². The first-order valence-electron chi connectivity index (χ1n) is 2.33. The van der Waals surface area contributed by atoms with E-state index in [2.05, 4.69) is 5.73 Å². The predicted octanol–water partition coefficient (Wildman–Crippen LogP) is -1.70. The second-order valence-electron chi connectivity index (χ2n) is 2.12. The first-order chi connectivity index (χ1) is 4.19. The van der Waals surface area contributed by atoms with Crippen molar-refractivity contribution >= 4 is 5.97 Å². The molecule has 0 amide bonds. The fraction of sp³-hybridized carbons (Fsp3) is 0.750. The van der Waals surface area contributed by atoms with E-state index in [9.17, 15) is 23.1 Å². The summed E-state index contributed by atoms with van der Waals surface area (Å²) in [6.07, 6.45) is -4.86. The van der Waals surface area contributed by atoms with Gasteiger partial charge in [-0.2, -0.15) is 13.2 Å². The lowest BCUT2D eigenvalue weighted by atomic mass is 10.1. The van der Waals surface area contributed by atoms with Crippen LogP contribution in [0.4, 0.5) is 13.2 Å². The molecule has 60 valence electrons. The molecule has 3 N–H and O–H groups in total. The number of carboxylic acids is 1. The van der Waals surface area contributed by atoms with Gasteiger partial charge in [0.05, 0.1) is 0 Å². The predicted molar refractivity (Wildman–Crippen MR) is 22.4 cm³/mol. The quantitative estimate of drug-likeness (QED) is 0.493. The summed E-state index contributed by atoms with van der Waals surface area (Å²) in [5.74, 6) is -2.22. The number of quaternary nitrogens is 1. The molecule has 1 atom stereocenters. The van der Waals surface area contributed by atoms with Crippen LogP contribution in [0, 0.1) is 0 Å². The highest BCUT2D eigenvalue weighted by Gasteiger charge is 2.53. The van der Waals surface area contributed by atoms with Gasteiger partial charge < -0.3 is 15.6 Å². The minimum atomic E-state index is -4.86. The van der Waals surface area contributed by atoms with Crippen molar-refractivity contribution in [2.24, 2.45) is 0 Å². The van der Waals surface area contributed by atoms with Crippen LogP contribution in [0.1, 0.15) is 6.92 Å². The molecular weight excluding hydrogens is 151 g/mol. The summed E-state index contributed by atoms with van der Waals surface area (Å²) in [6, 6.07) is 0. The molecule has 0 aliphatic carbocycles. The summed E-state index contributed by atoms with van der Waals surface area (Å²) < 4.78 is 34.8. The van der Waals surface area contributed by atoms with E-state index in [1.54, 1.807) is 0 Å². The van der Waals surface area contributed by atoms with Crippen molar-refractivity contribution in [3.63, 3.8) is 0 Å². The Bertz CT molecular complexity index is 151. The van der Waals surface area contributed by atoms with Gasteiger partial charge in [-0.25, -0.2) is 0 Å². The Labute approximate surface area is 54.6 Å². The third kappa shape index (κ3) is 1.38. The maximum atomic E-state index is 11.6. The Balaban J connectivity index is 4.57. The van der Waals surface area contributed by atoms with Gasteiger partial charge in [-0.1, -0.05) is 0 Å². The minimum absolute atomic E-state index is 0.447. The van der Waals surface area contributed by atoms with E-state index in [0.717, 1.165) is 0 Å². The Hall–Kier alpha value is -0.780. The average molecular weight is 157 g/mol. The summed E-state index contributed by atoms with van der Waals surface area (Å²) in [4.78, 5) is 9.77. The van der Waals surface area contributed by atoms with Crippen LogP contribution in [0.15, 0.2) is 0 Å². The average Bonchev–Trinajstić information content (AvgIpc) is 1.62. The molecule has 0 unspecified atom stereocenters. The first-order valence-corrected chi connectivity index (χ1v) is 2.33. The molecule has 10 heavy (non-hydrogen) atoms. The van der Waals surface area contributed by atoms with Gasteiger partial charge in [0.1, 0.15) is 5.97 Å². The van der Waals surface area contributed by atoms with Gasteiger partial charge in [0, 0.05) is 6.92 Å². The van der Waals surface area contributed by atoms with E-state index in [-0.39, 0.29) is 0 Å². The van der Waals surface area contributed by atoms with Crippen LogP contribution in [-0.2, 0) is 4.79 Å². The van der Waals surface area contributed by atoms with Gasteiger partial charge in [-0.3, -0.25) is 0 Å². The summed E-state index contributed by atoms with van der Waals surface area (Å²) >= 11 is 0. The summed E-state index contributed by atoms with van der Waals surface area (Å²) in [5.41, 5.74) is -0.553. The molecule has 0 aromatic carbocycles. The number of hydrogen-bond donors (Lipinski definition) is 1. The molecule has 0 aromatic rings. The lowest BCUT2D eigenvalue weighted by molar-refractivity contribution is -0.533. The maximum absolute atomic E-state index is 11.6. The Kier molecular flexibility index (Phi) is 1.95. The van der Waals surface area contributed by atoms with E-state index in [1.807, 2.05) is 0 Å². The number of rotatable bonds is 1. The Morgan fingerprint density at radius 2 is 1.80 bits per heavy atom. The highest BCUT2D eigenvalue weighted by atomic mass is 19.4. The summed E-state index contributed by atoms with van der Waals surface area (Å²) in [7, 11) is 0. The molecule has 3 nitrogen and oxygen atoms in total. The number of carbonyl (C=O) groups excluding carboxylic acids is 1. The van der Waals surface area contributed by atoms with Crippen LogP contribution >= 0.6 is 0 Å². The van der Waals surface area contributed by atoms with Crippen LogP contribution in [0.2, 0.25) is 0 Å². The molecule has 0 spiro atoms. The third-order valence-corrected chi connectivity index (χ3v) is 1.08. The van der Waals surface area contributed by atoms with E-state index in [4.69, 9.17) is 0 Å². The lowest BCUT2D eigenvalue weighted by Crippen LogP contribution is -2.84. The molecule has 0 rings (SSSR count). The molecule has 0 bridgehead atoms. The van der Waals surface area contributed by atoms with Crippen molar-refractivity contribution in [2.75, 3.05) is 0 Å². The molecule has 0 radical (unpaired) electrons. The van der Waals surface area contributed by atoms with Gasteiger partial charge in [-0.05, 0) is 0 Å². The van der Waals surface area contributed by atoms with Crippen LogP contribution in [-0.4, -0.2) is 17.7 Å². The van der Waals surface area contributed by atoms with E-state index < -0.39 is 17.7 Å². The number of halogens is 3. The zero-order chi connectivity index (χ0) is 8.58. The zero-order valence-electron chi connectivity index (χ0n) is 5.16. The van der Waals surface area contributed by atoms with Gasteiger partial charge in [0.25, 0.3) is 0 Å². The molecule has 0 saturated carbocycles. The van der Waals surface area contributed by atoms with Gasteiger partial charge in [-0.15, -0.1) is 0 Å². The van der Waals surface area contributed by atoms with Crippen molar-refractivity contribution < 1.29 is 28.8 Å². The smallest absolute Gasteiger partial charge is 0.449 e. The lowest BCUT2D eigenvalue weighted by Gasteiger charge is -2.24. The number of alkyl halides is 3. The van der Waals surface area contributed by atoms with Crippen molar-refractivity contribution in [1.29, 1.82) is 0 Å². The van der Waals surface area contributed by atoms with Crippen LogP contribution in [0.25, 0.3) is 0 Å². The molecule has 0 aliphatic heterocycles. The van der Waals surface area contributed by atoms with Crippen LogP contribution < -0.4 is 10.8 Å². The second-order valence-corrected chi connectivity index (χ2v) is 2.12.